The van der Waals surface area contributed by atoms with Crippen LogP contribution in [0, 0.1) is 0 Å². The Bertz CT molecular complexity index is 709. The van der Waals surface area contributed by atoms with Crippen LogP contribution in [0.15, 0.2) is 36.4 Å². The fourth-order valence-electron chi connectivity index (χ4n) is 2.35. The lowest BCUT2D eigenvalue weighted by molar-refractivity contribution is -0.142. The van der Waals surface area contributed by atoms with Crippen LogP contribution in [0.4, 0.5) is 5.69 Å². The topological polar surface area (TPSA) is 46.6 Å². The van der Waals surface area contributed by atoms with E-state index in [0.29, 0.717) is 12.2 Å². The van der Waals surface area contributed by atoms with Crippen molar-refractivity contribution >= 4 is 28.2 Å². The van der Waals surface area contributed by atoms with Crippen LogP contribution in [0.3, 0.4) is 0 Å². The van der Waals surface area contributed by atoms with Crippen LogP contribution in [-0.4, -0.2) is 32.0 Å². The third-order valence-electron chi connectivity index (χ3n) is 3.80. The molecule has 2 aromatic rings. The number of unbranched alkanes of at least 4 members (excludes halogenated alkanes) is 1. The van der Waals surface area contributed by atoms with Gasteiger partial charge in [0.25, 0.3) is 0 Å². The first-order chi connectivity index (χ1) is 11.0. The molecule has 0 N–H and O–H groups in total. The number of nitrogens with zero attached hydrogens (tertiary/aromatic N) is 1. The van der Waals surface area contributed by atoms with Gasteiger partial charge in [0, 0.05) is 18.3 Å². The molecule has 122 valence electrons. The molecular formula is C19H23NO3. The molecule has 2 rings (SSSR count). The van der Waals surface area contributed by atoms with E-state index in [4.69, 9.17) is 4.74 Å². The van der Waals surface area contributed by atoms with Crippen LogP contribution < -0.4 is 4.90 Å². The number of rotatable bonds is 7. The van der Waals surface area contributed by atoms with E-state index in [2.05, 4.69) is 6.92 Å². The zero-order valence-electron chi connectivity index (χ0n) is 14.0. The molecule has 0 aliphatic rings. The average Bonchev–Trinajstić information content (AvgIpc) is 2.53. The molecule has 0 atom stereocenters. The summed E-state index contributed by atoms with van der Waals surface area (Å²) in [5.41, 5.74) is 1.65. The molecule has 23 heavy (non-hydrogen) atoms. The minimum atomic E-state index is -0.215. The van der Waals surface area contributed by atoms with E-state index in [1.165, 1.54) is 0 Å². The highest BCUT2D eigenvalue weighted by Gasteiger charge is 2.09. The van der Waals surface area contributed by atoms with Crippen molar-refractivity contribution in [2.45, 2.75) is 26.7 Å². The van der Waals surface area contributed by atoms with Gasteiger partial charge in [-0.2, -0.15) is 0 Å². The van der Waals surface area contributed by atoms with Gasteiger partial charge in [0.05, 0.1) is 6.61 Å². The number of Topliss-reactive ketones (excluding diaryl/α,β-unsaturated/α-hetero) is 1. The van der Waals surface area contributed by atoms with Crippen molar-refractivity contribution in [2.75, 3.05) is 25.1 Å². The van der Waals surface area contributed by atoms with E-state index in [0.717, 1.165) is 29.3 Å². The van der Waals surface area contributed by atoms with E-state index in [-0.39, 0.29) is 18.3 Å². The third kappa shape index (κ3) is 4.55. The monoisotopic (exact) mass is 313 g/mol. The zero-order chi connectivity index (χ0) is 16.8. The normalized spacial score (nSPS) is 10.6. The number of carbonyl (C=O) groups excluding carboxylic acids is 2. The van der Waals surface area contributed by atoms with Gasteiger partial charge in [0.1, 0.15) is 6.54 Å². The molecule has 0 saturated carbocycles. The summed E-state index contributed by atoms with van der Waals surface area (Å²) in [6.07, 6.45) is 1.90. The van der Waals surface area contributed by atoms with Crippen LogP contribution in [-0.2, 0) is 9.53 Å². The first-order valence-corrected chi connectivity index (χ1v) is 7.92. The maximum atomic E-state index is 11.8. The summed E-state index contributed by atoms with van der Waals surface area (Å²) in [4.78, 5) is 25.1. The maximum Gasteiger partial charge on any atom is 0.325 e. The van der Waals surface area contributed by atoms with Crippen LogP contribution in [0.2, 0.25) is 0 Å². The minimum absolute atomic E-state index is 0.0583. The largest absolute Gasteiger partial charge is 0.464 e. The fourth-order valence-corrected chi connectivity index (χ4v) is 2.35. The lowest BCUT2D eigenvalue weighted by Crippen LogP contribution is -2.27. The molecule has 0 aromatic heterocycles. The van der Waals surface area contributed by atoms with Crippen molar-refractivity contribution in [2.24, 2.45) is 0 Å². The highest BCUT2D eigenvalue weighted by atomic mass is 16.5. The molecule has 4 heteroatoms. The summed E-state index contributed by atoms with van der Waals surface area (Å²) in [6.45, 7) is 4.33. The number of anilines is 1. The number of ether oxygens (including phenoxy) is 1. The highest BCUT2D eigenvalue weighted by Crippen LogP contribution is 2.23. The SMILES string of the molecule is CCCCOC(=O)CN(C)c1ccc2cc(C(C)=O)ccc2c1. The Labute approximate surface area is 137 Å². The van der Waals surface area contributed by atoms with Crippen LogP contribution >= 0.6 is 0 Å². The lowest BCUT2D eigenvalue weighted by Gasteiger charge is -2.19. The van der Waals surface area contributed by atoms with E-state index in [1.54, 1.807) is 6.92 Å². The Morgan fingerprint density at radius 3 is 2.48 bits per heavy atom. The number of carbonyl (C=O) groups is 2. The number of fused-ring (bicyclic) bond motifs is 1. The summed E-state index contributed by atoms with van der Waals surface area (Å²) in [7, 11) is 1.87. The van der Waals surface area contributed by atoms with Gasteiger partial charge in [0.2, 0.25) is 0 Å². The highest BCUT2D eigenvalue weighted by molar-refractivity contribution is 5.99. The number of ketones is 1. The number of hydrogen-bond acceptors (Lipinski definition) is 4. The van der Waals surface area contributed by atoms with Crippen molar-refractivity contribution in [3.05, 3.63) is 42.0 Å². The predicted octanol–water partition coefficient (Wildman–Crippen LogP) is 3.82. The molecule has 2 aromatic carbocycles. The molecular weight excluding hydrogens is 290 g/mol. The number of esters is 1. The number of likely N-dealkylation sites (N-methyl/N-ethyl adjacent to an activating group) is 1. The van der Waals surface area contributed by atoms with Crippen molar-refractivity contribution in [3.63, 3.8) is 0 Å². The Balaban J connectivity index is 2.09. The molecule has 0 aliphatic carbocycles. The fraction of sp³-hybridized carbons (Fsp3) is 0.368. The summed E-state index contributed by atoms with van der Waals surface area (Å²) in [5, 5.41) is 2.05. The van der Waals surface area contributed by atoms with Crippen LogP contribution in [0.25, 0.3) is 10.8 Å². The van der Waals surface area contributed by atoms with Gasteiger partial charge in [-0.05, 0) is 42.3 Å². The lowest BCUT2D eigenvalue weighted by atomic mass is 10.0. The Hall–Kier alpha value is -2.36. The predicted molar refractivity (Wildman–Crippen MR) is 93.1 cm³/mol. The molecule has 0 spiro atoms. The summed E-state index contributed by atoms with van der Waals surface area (Å²) in [5.74, 6) is -0.157. The molecule has 0 bridgehead atoms. The summed E-state index contributed by atoms with van der Waals surface area (Å²) < 4.78 is 5.19. The molecule has 0 amide bonds. The second-order valence-corrected chi connectivity index (χ2v) is 5.73. The summed E-state index contributed by atoms with van der Waals surface area (Å²) >= 11 is 0. The van der Waals surface area contributed by atoms with E-state index >= 15 is 0 Å². The second-order valence-electron chi connectivity index (χ2n) is 5.73. The summed E-state index contributed by atoms with van der Waals surface area (Å²) in [6, 6.07) is 11.6. The molecule has 4 nitrogen and oxygen atoms in total. The first-order valence-electron chi connectivity index (χ1n) is 7.92. The molecule has 0 heterocycles. The van der Waals surface area contributed by atoms with Crippen LogP contribution in [0.1, 0.15) is 37.0 Å². The quantitative estimate of drug-likeness (QED) is 0.443. The van der Waals surface area contributed by atoms with Crippen molar-refractivity contribution in [1.29, 1.82) is 0 Å². The molecule has 0 aliphatic heterocycles. The van der Waals surface area contributed by atoms with Crippen molar-refractivity contribution in [3.8, 4) is 0 Å². The van der Waals surface area contributed by atoms with Gasteiger partial charge in [-0.15, -0.1) is 0 Å². The van der Waals surface area contributed by atoms with Gasteiger partial charge in [-0.25, -0.2) is 0 Å². The van der Waals surface area contributed by atoms with Crippen LogP contribution in [0.5, 0.6) is 0 Å². The number of benzene rings is 2. The smallest absolute Gasteiger partial charge is 0.325 e. The standard InChI is InChI=1S/C19H23NO3/c1-4-5-10-23-19(22)13-20(3)18-9-8-16-11-15(14(2)21)6-7-17(16)12-18/h6-9,11-12H,4-5,10,13H2,1-3H3. The molecule has 0 unspecified atom stereocenters. The Morgan fingerprint density at radius 2 is 1.78 bits per heavy atom. The van der Waals surface area contributed by atoms with Gasteiger partial charge in [0.15, 0.2) is 5.78 Å². The second kappa shape index (κ2) is 7.77. The van der Waals surface area contributed by atoms with E-state index in [1.807, 2.05) is 48.3 Å². The average molecular weight is 313 g/mol. The minimum Gasteiger partial charge on any atom is -0.464 e. The molecule has 0 fully saturated rings. The van der Waals surface area contributed by atoms with Crippen molar-refractivity contribution < 1.29 is 14.3 Å². The van der Waals surface area contributed by atoms with Crippen molar-refractivity contribution in [1.82, 2.24) is 0 Å². The van der Waals surface area contributed by atoms with Gasteiger partial charge >= 0.3 is 5.97 Å². The van der Waals surface area contributed by atoms with Gasteiger partial charge in [-0.3, -0.25) is 9.59 Å². The molecule has 0 saturated heterocycles. The first kappa shape index (κ1) is 17.0. The maximum absolute atomic E-state index is 11.8. The third-order valence-corrected chi connectivity index (χ3v) is 3.80. The van der Waals surface area contributed by atoms with Gasteiger partial charge < -0.3 is 9.64 Å². The number of hydrogen-bond donors (Lipinski definition) is 0. The van der Waals surface area contributed by atoms with E-state index in [9.17, 15) is 9.59 Å². The Kier molecular flexibility index (Phi) is 5.74. The van der Waals surface area contributed by atoms with Gasteiger partial charge in [-0.1, -0.05) is 31.5 Å². The van der Waals surface area contributed by atoms with E-state index < -0.39 is 0 Å². The Morgan fingerprint density at radius 1 is 1.09 bits per heavy atom. The molecule has 0 radical (unpaired) electrons. The zero-order valence-corrected chi connectivity index (χ0v) is 14.0.